The van der Waals surface area contributed by atoms with Crippen molar-refractivity contribution < 1.29 is 37.3 Å². The largest absolute Gasteiger partial charge is 0.497 e. The molecule has 1 aromatic rings. The van der Waals surface area contributed by atoms with Crippen LogP contribution in [0.15, 0.2) is 18.2 Å². The molecule has 0 fully saturated rings. The van der Waals surface area contributed by atoms with Crippen LogP contribution in [0.5, 0.6) is 11.5 Å². The Bertz CT molecular complexity index is 604. The number of carbonyl (C=O) groups is 2. The van der Waals surface area contributed by atoms with Crippen molar-refractivity contribution in [3.8, 4) is 11.5 Å². The molecule has 1 aromatic carbocycles. The molecule has 0 saturated heterocycles. The number of hydrogen-bond acceptors (Lipinski definition) is 4. The molecule has 0 heterocycles. The van der Waals surface area contributed by atoms with Gasteiger partial charge in [-0.05, 0) is 24.5 Å². The zero-order valence-electron chi connectivity index (χ0n) is 13.9. The van der Waals surface area contributed by atoms with Crippen LogP contribution in [0.2, 0.25) is 0 Å². The normalized spacial score (nSPS) is 12.4. The van der Waals surface area contributed by atoms with Crippen LogP contribution in [0, 0.1) is 0 Å². The third kappa shape index (κ3) is 7.32. The summed E-state index contributed by atoms with van der Waals surface area (Å²) in [6.45, 7) is 0. The molecular weight excluding hydrogens is 343 g/mol. The summed E-state index contributed by atoms with van der Waals surface area (Å²) in [7, 11) is 3.00. The van der Waals surface area contributed by atoms with Crippen molar-refractivity contribution in [3.63, 3.8) is 0 Å². The number of halogens is 3. The van der Waals surface area contributed by atoms with Gasteiger partial charge in [-0.25, -0.2) is 4.79 Å². The predicted octanol–water partition coefficient (Wildman–Crippen LogP) is 2.55. The van der Waals surface area contributed by atoms with E-state index in [-0.39, 0.29) is 6.42 Å². The zero-order valence-corrected chi connectivity index (χ0v) is 13.9. The fourth-order valence-electron chi connectivity index (χ4n) is 2.20. The molecule has 6 nitrogen and oxygen atoms in total. The Morgan fingerprint density at radius 1 is 1.24 bits per heavy atom. The number of hydrogen-bond donors (Lipinski definition) is 2. The van der Waals surface area contributed by atoms with E-state index in [1.165, 1.54) is 14.2 Å². The third-order valence-corrected chi connectivity index (χ3v) is 3.41. The lowest BCUT2D eigenvalue weighted by Gasteiger charge is -2.16. The maximum absolute atomic E-state index is 12.3. The van der Waals surface area contributed by atoms with Crippen LogP contribution in [0.4, 0.5) is 13.2 Å². The number of carbonyl (C=O) groups excluding carboxylic acids is 1. The number of aryl methyl sites for hydroxylation is 1. The van der Waals surface area contributed by atoms with Crippen molar-refractivity contribution in [2.24, 2.45) is 0 Å². The van der Waals surface area contributed by atoms with Gasteiger partial charge in [0.05, 0.1) is 20.6 Å². The van der Waals surface area contributed by atoms with E-state index in [9.17, 15) is 22.8 Å². The van der Waals surface area contributed by atoms with E-state index in [4.69, 9.17) is 14.6 Å². The summed E-state index contributed by atoms with van der Waals surface area (Å²) < 4.78 is 47.2. The molecule has 2 N–H and O–H groups in total. The van der Waals surface area contributed by atoms with Crippen molar-refractivity contribution in [2.75, 3.05) is 14.2 Å². The summed E-state index contributed by atoms with van der Waals surface area (Å²) in [6.07, 6.45) is -5.62. The SMILES string of the molecule is COc1ccc(CCCC(=O)NC(CC(F)(F)F)C(=O)O)c(OC)c1. The first kappa shape index (κ1) is 20.6. The molecule has 140 valence electrons. The van der Waals surface area contributed by atoms with Gasteiger partial charge in [0.25, 0.3) is 0 Å². The molecule has 0 aliphatic rings. The molecule has 1 unspecified atom stereocenters. The first-order valence-electron chi connectivity index (χ1n) is 7.46. The molecule has 1 atom stereocenters. The Hall–Kier alpha value is -2.45. The molecule has 25 heavy (non-hydrogen) atoms. The number of alkyl halides is 3. The summed E-state index contributed by atoms with van der Waals surface area (Å²) in [4.78, 5) is 22.5. The first-order chi connectivity index (χ1) is 11.7. The number of carboxylic acid groups (broad SMARTS) is 1. The average Bonchev–Trinajstić information content (AvgIpc) is 2.53. The van der Waals surface area contributed by atoms with Crippen molar-refractivity contribution in [1.29, 1.82) is 0 Å². The monoisotopic (exact) mass is 363 g/mol. The fraction of sp³-hybridized carbons (Fsp3) is 0.500. The molecular formula is C16H20F3NO5. The van der Waals surface area contributed by atoms with E-state index in [1.54, 1.807) is 18.2 Å². The molecule has 1 rings (SSSR count). The number of nitrogens with one attached hydrogen (secondary N) is 1. The first-order valence-corrected chi connectivity index (χ1v) is 7.46. The van der Waals surface area contributed by atoms with Gasteiger partial charge in [-0.3, -0.25) is 4.79 Å². The van der Waals surface area contributed by atoms with Crippen molar-refractivity contribution in [2.45, 2.75) is 37.9 Å². The van der Waals surface area contributed by atoms with Crippen LogP contribution >= 0.6 is 0 Å². The van der Waals surface area contributed by atoms with Gasteiger partial charge < -0.3 is 19.9 Å². The summed E-state index contributed by atoms with van der Waals surface area (Å²) in [5.41, 5.74) is 0.807. The maximum Gasteiger partial charge on any atom is 0.391 e. The minimum atomic E-state index is -4.67. The van der Waals surface area contributed by atoms with Crippen LogP contribution in [-0.2, 0) is 16.0 Å². The molecule has 9 heteroatoms. The molecule has 0 radical (unpaired) electrons. The highest BCUT2D eigenvalue weighted by molar-refractivity contribution is 5.83. The second-order valence-corrected chi connectivity index (χ2v) is 5.31. The van der Waals surface area contributed by atoms with E-state index >= 15 is 0 Å². The number of amides is 1. The van der Waals surface area contributed by atoms with Crippen LogP contribution < -0.4 is 14.8 Å². The Morgan fingerprint density at radius 2 is 1.92 bits per heavy atom. The summed E-state index contributed by atoms with van der Waals surface area (Å²) in [6, 6.07) is 3.18. The average molecular weight is 363 g/mol. The van der Waals surface area contributed by atoms with Gasteiger partial charge in [-0.1, -0.05) is 6.07 Å². The Kier molecular flexibility index (Phi) is 7.53. The Balaban J connectivity index is 2.55. The van der Waals surface area contributed by atoms with E-state index in [0.717, 1.165) is 5.56 Å². The topological polar surface area (TPSA) is 84.9 Å². The molecule has 0 aromatic heterocycles. The maximum atomic E-state index is 12.3. The smallest absolute Gasteiger partial charge is 0.391 e. The van der Waals surface area contributed by atoms with Gasteiger partial charge in [-0.15, -0.1) is 0 Å². The minimum Gasteiger partial charge on any atom is -0.497 e. The highest BCUT2D eigenvalue weighted by atomic mass is 19.4. The molecule has 1 amide bonds. The second kappa shape index (κ2) is 9.14. The lowest BCUT2D eigenvalue weighted by atomic mass is 10.1. The standard InChI is InChI=1S/C16H20F3NO5/c1-24-11-7-6-10(13(8-11)25-2)4-3-5-14(21)20-12(15(22)23)9-16(17,18)19/h6-8,12H,3-5,9H2,1-2H3,(H,20,21)(H,22,23). The molecule has 0 saturated carbocycles. The van der Waals surface area contributed by atoms with Gasteiger partial charge in [0.1, 0.15) is 17.5 Å². The molecule has 0 aliphatic heterocycles. The van der Waals surface area contributed by atoms with Crippen molar-refractivity contribution >= 4 is 11.9 Å². The molecule has 0 spiro atoms. The van der Waals surface area contributed by atoms with Crippen molar-refractivity contribution in [1.82, 2.24) is 5.32 Å². The second-order valence-electron chi connectivity index (χ2n) is 5.31. The number of benzene rings is 1. The highest BCUT2D eigenvalue weighted by Gasteiger charge is 2.36. The van der Waals surface area contributed by atoms with Crippen LogP contribution in [-0.4, -0.2) is 43.4 Å². The molecule has 0 bridgehead atoms. The van der Waals surface area contributed by atoms with E-state index in [0.29, 0.717) is 24.3 Å². The van der Waals surface area contributed by atoms with E-state index < -0.39 is 30.5 Å². The minimum absolute atomic E-state index is 0.100. The van der Waals surface area contributed by atoms with Gasteiger partial charge in [0.15, 0.2) is 0 Å². The van der Waals surface area contributed by atoms with E-state index in [1.807, 2.05) is 5.32 Å². The summed E-state index contributed by atoms with van der Waals surface area (Å²) >= 11 is 0. The lowest BCUT2D eigenvalue weighted by molar-refractivity contribution is -0.160. The number of ether oxygens (including phenoxy) is 2. The quantitative estimate of drug-likeness (QED) is 0.704. The Morgan fingerprint density at radius 3 is 2.44 bits per heavy atom. The van der Waals surface area contributed by atoms with Gasteiger partial charge in [0, 0.05) is 12.5 Å². The van der Waals surface area contributed by atoms with Gasteiger partial charge in [0.2, 0.25) is 5.91 Å². The van der Waals surface area contributed by atoms with Gasteiger partial charge in [-0.2, -0.15) is 13.2 Å². The van der Waals surface area contributed by atoms with Gasteiger partial charge >= 0.3 is 12.1 Å². The number of carboxylic acids is 1. The Labute approximate surface area is 142 Å². The predicted molar refractivity (Wildman–Crippen MR) is 82.7 cm³/mol. The van der Waals surface area contributed by atoms with Crippen LogP contribution in [0.1, 0.15) is 24.8 Å². The van der Waals surface area contributed by atoms with Crippen molar-refractivity contribution in [3.05, 3.63) is 23.8 Å². The fourth-order valence-corrected chi connectivity index (χ4v) is 2.20. The molecule has 0 aliphatic carbocycles. The summed E-state index contributed by atoms with van der Waals surface area (Å²) in [5, 5.41) is 10.7. The summed E-state index contributed by atoms with van der Waals surface area (Å²) in [5.74, 6) is -1.29. The van der Waals surface area contributed by atoms with Crippen LogP contribution in [0.25, 0.3) is 0 Å². The highest BCUT2D eigenvalue weighted by Crippen LogP contribution is 2.26. The number of methoxy groups -OCH3 is 2. The third-order valence-electron chi connectivity index (χ3n) is 3.41. The lowest BCUT2D eigenvalue weighted by Crippen LogP contribution is -2.43. The van der Waals surface area contributed by atoms with E-state index in [2.05, 4.69) is 0 Å². The number of rotatable bonds is 9. The number of aliphatic carboxylic acids is 1. The zero-order chi connectivity index (χ0) is 19.0. The van der Waals surface area contributed by atoms with Crippen LogP contribution in [0.3, 0.4) is 0 Å².